The molecular formula is CH3BFPS. The Labute approximate surface area is 37.3 Å². The van der Waals surface area contributed by atoms with Crippen LogP contribution < -0.4 is 0 Å². The molecule has 0 nitrogen and oxygen atoms in total. The first-order chi connectivity index (χ1) is 2.00. The molecule has 0 heterocycles. The highest BCUT2D eigenvalue weighted by Crippen LogP contribution is 2.35. The summed E-state index contributed by atoms with van der Waals surface area (Å²) >= 11 is 4.05. The quantitative estimate of drug-likeness (QED) is 0.330. The lowest BCUT2D eigenvalue weighted by Crippen LogP contribution is -1.55. The molecule has 0 aliphatic heterocycles. The third-order valence-electron chi connectivity index (χ3n) is 0. The first kappa shape index (κ1) is 5.64. The summed E-state index contributed by atoms with van der Waals surface area (Å²) in [6.07, 6.45) is -2.81. The lowest BCUT2D eigenvalue weighted by Gasteiger charge is -1.86. The van der Waals surface area contributed by atoms with E-state index < -0.39 is 6.23 Å². The smallest absolute Gasteiger partial charge is 0.168 e. The SMILES string of the molecule is [B]P(C)(F)=S. The van der Waals surface area contributed by atoms with Crippen molar-refractivity contribution in [3.63, 3.8) is 0 Å². The molecule has 0 spiro atoms. The molecule has 28 valence electrons. The summed E-state index contributed by atoms with van der Waals surface area (Å²) in [5.74, 6) is 0. The zero-order valence-corrected chi connectivity index (χ0v) is 4.52. The Morgan fingerprint density at radius 1 is 2.00 bits per heavy atom. The van der Waals surface area contributed by atoms with Crippen molar-refractivity contribution in [3.8, 4) is 0 Å². The standard InChI is InChI=1S/CH3BFPS/c1-4(2,3)5/h1H3. The molecule has 0 aliphatic carbocycles. The van der Waals surface area contributed by atoms with Crippen molar-refractivity contribution in [2.24, 2.45) is 0 Å². The number of rotatable bonds is 0. The third-order valence-corrected chi connectivity index (χ3v) is 0. The van der Waals surface area contributed by atoms with Gasteiger partial charge in [-0.15, -0.1) is 0 Å². The van der Waals surface area contributed by atoms with E-state index in [9.17, 15) is 4.20 Å². The van der Waals surface area contributed by atoms with Gasteiger partial charge >= 0.3 is 0 Å². The highest BCUT2D eigenvalue weighted by Gasteiger charge is 1.89. The van der Waals surface area contributed by atoms with Crippen LogP contribution >= 0.6 is 6.23 Å². The average molecular weight is 108 g/mol. The van der Waals surface area contributed by atoms with Crippen molar-refractivity contribution in [1.82, 2.24) is 0 Å². The van der Waals surface area contributed by atoms with Gasteiger partial charge in [-0.3, -0.25) is 0 Å². The summed E-state index contributed by atoms with van der Waals surface area (Å²) in [5, 5.41) is 0. The predicted octanol–water partition coefficient (Wildman–Crippen LogP) is 1.06. The van der Waals surface area contributed by atoms with Crippen molar-refractivity contribution in [2.75, 3.05) is 6.66 Å². The Morgan fingerprint density at radius 3 is 2.00 bits per heavy atom. The molecule has 2 radical (unpaired) electrons. The molecule has 4 heteroatoms. The van der Waals surface area contributed by atoms with Crippen LogP contribution in [0.4, 0.5) is 4.20 Å². The third kappa shape index (κ3) is 78.1. The van der Waals surface area contributed by atoms with Gasteiger partial charge in [0.15, 0.2) is 7.57 Å². The number of halogens is 1. The zero-order chi connectivity index (χ0) is 4.50. The zero-order valence-electron chi connectivity index (χ0n) is 2.81. The van der Waals surface area contributed by atoms with Gasteiger partial charge in [0.25, 0.3) is 0 Å². The fourth-order valence-corrected chi connectivity index (χ4v) is 0. The first-order valence-electron chi connectivity index (χ1n) is 1.06. The monoisotopic (exact) mass is 108 g/mol. The molecule has 5 heavy (non-hydrogen) atoms. The minimum absolute atomic E-state index is 1.22. The molecule has 0 aromatic carbocycles. The molecule has 0 bridgehead atoms. The van der Waals surface area contributed by atoms with Gasteiger partial charge in [-0.2, -0.15) is 0 Å². The molecule has 0 amide bonds. The molecule has 0 saturated heterocycles. The Bertz CT molecular complexity index is 57.8. The van der Waals surface area contributed by atoms with Crippen LogP contribution in [0, 0.1) is 0 Å². The second-order valence-electron chi connectivity index (χ2n) is 0.882. The molecular weight excluding hydrogens is 105 g/mol. The predicted molar refractivity (Wildman–Crippen MR) is 27.1 cm³/mol. The van der Waals surface area contributed by atoms with E-state index in [0.29, 0.717) is 0 Å². The fraction of sp³-hybridized carbons (Fsp3) is 1.00. The maximum atomic E-state index is 11.4. The van der Waals surface area contributed by atoms with Gasteiger partial charge in [0.1, 0.15) is 0 Å². The molecule has 0 fully saturated rings. The number of hydrogen-bond donors (Lipinski definition) is 0. The normalized spacial score (nSPS) is 21.2. The van der Waals surface area contributed by atoms with Crippen molar-refractivity contribution < 1.29 is 4.20 Å². The van der Waals surface area contributed by atoms with Gasteiger partial charge in [-0.1, -0.05) is 11.8 Å². The molecule has 0 rings (SSSR count). The van der Waals surface area contributed by atoms with E-state index >= 15 is 0 Å². The van der Waals surface area contributed by atoms with Crippen molar-refractivity contribution in [2.45, 2.75) is 0 Å². The maximum Gasteiger partial charge on any atom is 0.168 e. The topological polar surface area (TPSA) is 0 Å². The van der Waals surface area contributed by atoms with Crippen LogP contribution in [0.15, 0.2) is 0 Å². The Kier molecular flexibility index (Phi) is 1.58. The summed E-state index contributed by atoms with van der Waals surface area (Å²) in [7, 11) is 4.61. The fourth-order valence-electron chi connectivity index (χ4n) is 0. The van der Waals surface area contributed by atoms with Crippen molar-refractivity contribution in [1.29, 1.82) is 0 Å². The van der Waals surface area contributed by atoms with Crippen LogP contribution in [0.2, 0.25) is 0 Å². The van der Waals surface area contributed by atoms with Gasteiger partial charge in [-0.05, 0) is 6.66 Å². The van der Waals surface area contributed by atoms with E-state index in [1.807, 2.05) is 0 Å². The summed E-state index contributed by atoms with van der Waals surface area (Å²) in [6.45, 7) is 1.22. The summed E-state index contributed by atoms with van der Waals surface area (Å²) in [6, 6.07) is 0. The summed E-state index contributed by atoms with van der Waals surface area (Å²) < 4.78 is 11.4. The van der Waals surface area contributed by atoms with E-state index in [1.165, 1.54) is 6.66 Å². The maximum absolute atomic E-state index is 11.4. The van der Waals surface area contributed by atoms with Crippen molar-refractivity contribution >= 4 is 25.6 Å². The van der Waals surface area contributed by atoms with Gasteiger partial charge in [-0.25, -0.2) is 4.20 Å². The minimum atomic E-state index is -2.81. The van der Waals surface area contributed by atoms with E-state index in [2.05, 4.69) is 19.4 Å². The van der Waals surface area contributed by atoms with Gasteiger partial charge in [0.05, 0.1) is 6.23 Å². The molecule has 0 aliphatic rings. The molecule has 0 aromatic heterocycles. The molecule has 0 saturated carbocycles. The molecule has 0 aromatic rings. The van der Waals surface area contributed by atoms with Gasteiger partial charge in [0, 0.05) is 0 Å². The average Bonchev–Trinajstić information content (AvgIpc) is 0.722. The van der Waals surface area contributed by atoms with Crippen LogP contribution in [0.3, 0.4) is 0 Å². The minimum Gasteiger partial charge on any atom is -0.230 e. The summed E-state index contributed by atoms with van der Waals surface area (Å²) in [4.78, 5) is 0. The van der Waals surface area contributed by atoms with Gasteiger partial charge in [0.2, 0.25) is 0 Å². The lowest BCUT2D eigenvalue weighted by molar-refractivity contribution is 0.915. The largest absolute Gasteiger partial charge is 0.230 e. The molecule has 1 atom stereocenters. The second-order valence-corrected chi connectivity index (χ2v) is 4.79. The van der Waals surface area contributed by atoms with Crippen molar-refractivity contribution in [3.05, 3.63) is 0 Å². The van der Waals surface area contributed by atoms with Gasteiger partial charge < -0.3 is 0 Å². The lowest BCUT2D eigenvalue weighted by atomic mass is 10.8. The van der Waals surface area contributed by atoms with Crippen LogP contribution in [0.25, 0.3) is 0 Å². The highest BCUT2D eigenvalue weighted by molar-refractivity contribution is 8.23. The Hall–Kier alpha value is 0.645. The Balaban J connectivity index is 3.47. The molecule has 0 N–H and O–H groups in total. The van der Waals surface area contributed by atoms with Crippen LogP contribution in [0.1, 0.15) is 0 Å². The number of hydrogen-bond acceptors (Lipinski definition) is 1. The van der Waals surface area contributed by atoms with E-state index in [-0.39, 0.29) is 0 Å². The van der Waals surface area contributed by atoms with E-state index in [0.717, 1.165) is 0 Å². The molecule has 1 unspecified atom stereocenters. The van der Waals surface area contributed by atoms with E-state index in [4.69, 9.17) is 0 Å². The highest BCUT2D eigenvalue weighted by atomic mass is 32.4. The second kappa shape index (κ2) is 1.40. The van der Waals surface area contributed by atoms with Crippen LogP contribution in [-0.4, -0.2) is 14.2 Å². The first-order valence-corrected chi connectivity index (χ1v) is 4.27. The van der Waals surface area contributed by atoms with E-state index in [1.54, 1.807) is 0 Å². The van der Waals surface area contributed by atoms with Crippen LogP contribution in [-0.2, 0) is 11.8 Å². The summed E-state index contributed by atoms with van der Waals surface area (Å²) in [5.41, 5.74) is 0. The Morgan fingerprint density at radius 2 is 2.00 bits per heavy atom. The van der Waals surface area contributed by atoms with Crippen LogP contribution in [0.5, 0.6) is 0 Å².